The zero-order chi connectivity index (χ0) is 27.0. The first-order valence-electron chi connectivity index (χ1n) is 10.6. The molecule has 0 aliphatic rings. The maximum Gasteiger partial charge on any atom is 0.298 e. The van der Waals surface area contributed by atoms with Gasteiger partial charge in [0.1, 0.15) is 10.6 Å². The Morgan fingerprint density at radius 2 is 1.31 bits per heavy atom. The van der Waals surface area contributed by atoms with Crippen molar-refractivity contribution in [3.8, 4) is 5.75 Å². The van der Waals surface area contributed by atoms with E-state index in [0.29, 0.717) is 16.9 Å². The van der Waals surface area contributed by atoms with E-state index in [0.717, 1.165) is 29.4 Å². The van der Waals surface area contributed by atoms with Gasteiger partial charge in [-0.3, -0.25) is 9.11 Å². The molecule has 0 aliphatic carbocycles. The molecular weight excluding hydrogens is 566 g/mol. The van der Waals surface area contributed by atoms with Crippen molar-refractivity contribution in [2.24, 2.45) is 20.5 Å². The zero-order valence-electron chi connectivity index (χ0n) is 21.4. The molecule has 15 heteroatoms. The van der Waals surface area contributed by atoms with Crippen LogP contribution in [-0.2, 0) is 20.2 Å². The molecule has 0 atom stereocenters. The molecule has 4 rings (SSSR count). The third kappa shape index (κ3) is 7.79. The van der Waals surface area contributed by atoms with Crippen LogP contribution in [0.15, 0.2) is 97.0 Å². The number of phenols is 1. The van der Waals surface area contributed by atoms with Crippen molar-refractivity contribution in [1.29, 1.82) is 0 Å². The van der Waals surface area contributed by atoms with Gasteiger partial charge in [0.2, 0.25) is 0 Å². The van der Waals surface area contributed by atoms with E-state index >= 15 is 0 Å². The molecule has 0 heterocycles. The van der Waals surface area contributed by atoms with Crippen LogP contribution in [0, 0.1) is 13.8 Å². The average molecular weight is 587 g/mol. The number of aryl methyl sites for hydroxylation is 2. The molecule has 192 valence electrons. The molecule has 4 aromatic carbocycles. The van der Waals surface area contributed by atoms with Crippen LogP contribution < -0.4 is 0 Å². The molecule has 0 fully saturated rings. The number of phenolic OH excluding ortho intramolecular Hbond substituents is 1. The van der Waals surface area contributed by atoms with Gasteiger partial charge in [-0.1, -0.05) is 24.3 Å². The molecule has 0 spiro atoms. The summed E-state index contributed by atoms with van der Waals surface area (Å²) in [5, 5.41) is 27.2. The minimum absolute atomic E-state index is 0. The van der Waals surface area contributed by atoms with Crippen LogP contribution in [0.4, 0.5) is 22.7 Å². The van der Waals surface area contributed by atoms with E-state index in [1.165, 1.54) is 6.07 Å². The Bertz CT molecular complexity index is 1830. The Hall–Kier alpha value is -2.04. The van der Waals surface area contributed by atoms with E-state index in [4.69, 9.17) is 0 Å². The number of azo groups is 2. The molecule has 0 amide bonds. The predicted molar refractivity (Wildman–Crippen MR) is 147 cm³/mol. The van der Waals surface area contributed by atoms with E-state index in [9.17, 15) is 31.0 Å². The normalized spacial score (nSPS) is 12.0. The minimum Gasteiger partial charge on any atom is -0.504 e. The fourth-order valence-corrected chi connectivity index (χ4v) is 4.63. The van der Waals surface area contributed by atoms with Crippen molar-refractivity contribution < 1.29 is 31.0 Å². The van der Waals surface area contributed by atoms with Crippen LogP contribution in [0.5, 0.6) is 5.75 Å². The second-order valence-electron chi connectivity index (χ2n) is 8.06. The van der Waals surface area contributed by atoms with Crippen molar-refractivity contribution in [3.63, 3.8) is 0 Å². The van der Waals surface area contributed by atoms with Crippen molar-refractivity contribution in [3.05, 3.63) is 77.9 Å². The number of fused-ring (bicyclic) bond motifs is 1. The fraction of sp³-hybridized carbons (Fsp3) is 0.0833. The number of hydrogen-bond acceptors (Lipinski definition) is 9. The second-order valence-corrected chi connectivity index (χ2v) is 10.9. The average Bonchev–Trinajstić information content (AvgIpc) is 2.82. The maximum absolute atomic E-state index is 11.8. The molecule has 0 saturated heterocycles. The molecule has 0 aliphatic heterocycles. The smallest absolute Gasteiger partial charge is 0.298 e. The first-order valence-corrected chi connectivity index (χ1v) is 13.5. The first kappa shape index (κ1) is 33.2. The van der Waals surface area contributed by atoms with Crippen LogP contribution in [0.25, 0.3) is 10.8 Å². The number of rotatable bonds is 6. The van der Waals surface area contributed by atoms with Gasteiger partial charge in [0.15, 0.2) is 5.75 Å². The Balaban J connectivity index is 0.00000267. The van der Waals surface area contributed by atoms with Gasteiger partial charge in [-0.05, 0) is 72.8 Å². The molecule has 0 unspecified atom stereocenters. The summed E-state index contributed by atoms with van der Waals surface area (Å²) >= 11 is 0. The monoisotopic (exact) mass is 586 g/mol. The summed E-state index contributed by atoms with van der Waals surface area (Å²) in [5.41, 5.74) is 2.94. The molecule has 2 radical (unpaired) electrons. The van der Waals surface area contributed by atoms with E-state index in [1.807, 2.05) is 31.2 Å². The van der Waals surface area contributed by atoms with Gasteiger partial charge in [-0.15, -0.1) is 5.11 Å². The van der Waals surface area contributed by atoms with Crippen LogP contribution in [0.3, 0.4) is 0 Å². The Kier molecular flexibility index (Phi) is 11.1. The van der Waals surface area contributed by atoms with Gasteiger partial charge < -0.3 is 5.11 Å². The molecular formula is C24H20N4Na2O7S2. The van der Waals surface area contributed by atoms with Crippen LogP contribution in [0.2, 0.25) is 0 Å². The zero-order valence-corrected chi connectivity index (χ0v) is 27.1. The summed E-state index contributed by atoms with van der Waals surface area (Å²) in [6.07, 6.45) is 0. The predicted octanol–water partition coefficient (Wildman–Crippen LogP) is 5.72. The maximum atomic E-state index is 11.8. The van der Waals surface area contributed by atoms with Gasteiger partial charge in [-0.25, -0.2) is 0 Å². The Morgan fingerprint density at radius 3 is 1.92 bits per heavy atom. The van der Waals surface area contributed by atoms with E-state index < -0.39 is 35.8 Å². The SMILES string of the molecule is Cc1ccccc1N=Nc1ccc(N=Nc2c(O)c(S(=O)(=O)O)cc3cc(S(=O)(=O)O)ccc23)c(C)c1.[Na].[Na]. The standard InChI is InChI=1S/C24H20N4O7S2.2Na/c1-14-5-3-4-6-20(14)26-25-17-7-10-21(15(2)11-17)27-28-23-19-9-8-18(36(30,31)32)12-16(19)13-22(24(23)29)37(33,34)35;;/h3-13,29H,1-2H3,(H,30,31,32)(H,33,34,35);;. The van der Waals surface area contributed by atoms with Crippen molar-refractivity contribution in [2.75, 3.05) is 0 Å². The molecule has 4 aromatic rings. The third-order valence-electron chi connectivity index (χ3n) is 5.42. The van der Waals surface area contributed by atoms with Gasteiger partial charge in [0, 0.05) is 64.5 Å². The first-order chi connectivity index (χ1) is 17.3. The van der Waals surface area contributed by atoms with Crippen LogP contribution in [-0.4, -0.2) is 90.2 Å². The van der Waals surface area contributed by atoms with Gasteiger partial charge in [0.25, 0.3) is 20.2 Å². The van der Waals surface area contributed by atoms with E-state index in [2.05, 4.69) is 20.5 Å². The molecule has 0 bridgehead atoms. The van der Waals surface area contributed by atoms with Crippen LogP contribution >= 0.6 is 0 Å². The van der Waals surface area contributed by atoms with Gasteiger partial charge in [-0.2, -0.15) is 32.2 Å². The minimum atomic E-state index is -4.91. The van der Waals surface area contributed by atoms with Crippen LogP contribution in [0.1, 0.15) is 11.1 Å². The second kappa shape index (κ2) is 13.1. The van der Waals surface area contributed by atoms with Crippen molar-refractivity contribution in [1.82, 2.24) is 0 Å². The summed E-state index contributed by atoms with van der Waals surface area (Å²) in [6.45, 7) is 3.66. The third-order valence-corrected chi connectivity index (χ3v) is 7.14. The largest absolute Gasteiger partial charge is 0.504 e. The van der Waals surface area contributed by atoms with Gasteiger partial charge >= 0.3 is 0 Å². The summed E-state index contributed by atoms with van der Waals surface area (Å²) in [4.78, 5) is -1.41. The summed E-state index contributed by atoms with van der Waals surface area (Å²) in [7, 11) is -9.51. The quantitative estimate of drug-likeness (QED) is 0.147. The molecule has 39 heavy (non-hydrogen) atoms. The molecule has 11 nitrogen and oxygen atoms in total. The number of nitrogens with zero attached hydrogens (tertiary/aromatic N) is 4. The Morgan fingerprint density at radius 1 is 0.667 bits per heavy atom. The topological polar surface area (TPSA) is 178 Å². The molecule has 3 N–H and O–H groups in total. The Labute approximate surface area is 269 Å². The summed E-state index contributed by atoms with van der Waals surface area (Å²) < 4.78 is 65.5. The van der Waals surface area contributed by atoms with Crippen molar-refractivity contribution >= 4 is 113 Å². The number of benzene rings is 4. The van der Waals surface area contributed by atoms with E-state index in [-0.39, 0.29) is 75.6 Å². The number of aromatic hydroxyl groups is 1. The molecule has 0 aromatic heterocycles. The summed E-state index contributed by atoms with van der Waals surface area (Å²) in [6, 6.07) is 16.6. The van der Waals surface area contributed by atoms with Crippen molar-refractivity contribution in [2.45, 2.75) is 23.6 Å². The summed E-state index contributed by atoms with van der Waals surface area (Å²) in [5.74, 6) is -0.875. The number of hydrogen-bond donors (Lipinski definition) is 3. The fourth-order valence-electron chi connectivity index (χ4n) is 3.49. The van der Waals surface area contributed by atoms with Gasteiger partial charge in [0.05, 0.1) is 22.0 Å². The molecule has 0 saturated carbocycles. The van der Waals surface area contributed by atoms with E-state index in [1.54, 1.807) is 25.1 Å².